The van der Waals surface area contributed by atoms with Gasteiger partial charge in [0.15, 0.2) is 9.84 Å². The Balaban J connectivity index is 3.03. The maximum atomic E-state index is 12.0. The first-order chi connectivity index (χ1) is 9.18. The summed E-state index contributed by atoms with van der Waals surface area (Å²) >= 11 is 0. The molecule has 1 rings (SSSR count). The van der Waals surface area contributed by atoms with Gasteiger partial charge in [0.2, 0.25) is 5.91 Å². The number of likely N-dealkylation sites (N-methyl/N-ethyl adjacent to an activating group) is 1. The van der Waals surface area contributed by atoms with Crippen LogP contribution in [-0.4, -0.2) is 45.1 Å². The molecule has 0 aliphatic heterocycles. The maximum absolute atomic E-state index is 12.0. The summed E-state index contributed by atoms with van der Waals surface area (Å²) in [6.07, 6.45) is 1.10. The molecule has 6 nitrogen and oxygen atoms in total. The minimum absolute atomic E-state index is 0.0611. The molecule has 0 aromatic heterocycles. The van der Waals surface area contributed by atoms with Gasteiger partial charge in [-0.1, -0.05) is 6.07 Å². The largest absolute Gasteiger partial charge is 0.396 e. The van der Waals surface area contributed by atoms with Gasteiger partial charge < -0.3 is 16.0 Å². The van der Waals surface area contributed by atoms with Gasteiger partial charge in [0.25, 0.3) is 0 Å². The molecule has 0 spiro atoms. The van der Waals surface area contributed by atoms with E-state index in [1.54, 1.807) is 31.0 Å². The molecular weight excluding hydrogens is 278 g/mol. The fourth-order valence-electron chi connectivity index (χ4n) is 1.77. The summed E-state index contributed by atoms with van der Waals surface area (Å²) in [5, 5.41) is 2.96. The van der Waals surface area contributed by atoms with Crippen molar-refractivity contribution in [1.29, 1.82) is 0 Å². The Morgan fingerprint density at radius 1 is 1.45 bits per heavy atom. The van der Waals surface area contributed by atoms with Crippen molar-refractivity contribution < 1.29 is 13.2 Å². The van der Waals surface area contributed by atoms with Gasteiger partial charge in [-0.3, -0.25) is 4.79 Å². The lowest BCUT2D eigenvalue weighted by Gasteiger charge is -2.22. The molecule has 1 atom stereocenters. The number of carbonyl (C=O) groups excluding carboxylic acids is 1. The van der Waals surface area contributed by atoms with Crippen LogP contribution in [-0.2, 0) is 14.6 Å². The van der Waals surface area contributed by atoms with Crippen molar-refractivity contribution in [2.75, 3.05) is 30.9 Å². The SMILES string of the molecule is CCN(C)C(=O)C(C)Nc1cccc(S(C)(=O)=O)c1N. The second-order valence-corrected chi connectivity index (χ2v) is 6.69. The zero-order valence-electron chi connectivity index (χ0n) is 12.2. The number of nitrogens with zero attached hydrogens (tertiary/aromatic N) is 1. The summed E-state index contributed by atoms with van der Waals surface area (Å²) in [6, 6.07) is 4.20. The number of hydrogen-bond acceptors (Lipinski definition) is 5. The predicted octanol–water partition coefficient (Wildman–Crippen LogP) is 0.951. The molecule has 20 heavy (non-hydrogen) atoms. The summed E-state index contributed by atoms with van der Waals surface area (Å²) in [4.78, 5) is 13.6. The third-order valence-corrected chi connectivity index (χ3v) is 4.21. The van der Waals surface area contributed by atoms with Crippen molar-refractivity contribution in [2.24, 2.45) is 0 Å². The van der Waals surface area contributed by atoms with Crippen molar-refractivity contribution in [3.63, 3.8) is 0 Å². The zero-order valence-corrected chi connectivity index (χ0v) is 13.0. The number of hydrogen-bond donors (Lipinski definition) is 2. The monoisotopic (exact) mass is 299 g/mol. The van der Waals surface area contributed by atoms with E-state index in [0.29, 0.717) is 12.2 Å². The molecule has 3 N–H and O–H groups in total. The van der Waals surface area contributed by atoms with E-state index in [-0.39, 0.29) is 16.5 Å². The van der Waals surface area contributed by atoms with E-state index in [4.69, 9.17) is 5.73 Å². The van der Waals surface area contributed by atoms with E-state index in [1.165, 1.54) is 6.07 Å². The molecule has 0 fully saturated rings. The normalized spacial score (nSPS) is 12.8. The Morgan fingerprint density at radius 3 is 2.55 bits per heavy atom. The lowest BCUT2D eigenvalue weighted by Crippen LogP contribution is -2.39. The van der Waals surface area contributed by atoms with Gasteiger partial charge in [-0.05, 0) is 26.0 Å². The number of benzene rings is 1. The minimum atomic E-state index is -3.39. The number of amides is 1. The number of sulfone groups is 1. The Morgan fingerprint density at radius 2 is 2.05 bits per heavy atom. The number of nitrogen functional groups attached to an aromatic ring is 1. The summed E-state index contributed by atoms with van der Waals surface area (Å²) in [6.45, 7) is 4.19. The van der Waals surface area contributed by atoms with E-state index < -0.39 is 15.9 Å². The van der Waals surface area contributed by atoms with Crippen LogP contribution in [0.1, 0.15) is 13.8 Å². The van der Waals surface area contributed by atoms with Crippen molar-refractivity contribution in [3.8, 4) is 0 Å². The van der Waals surface area contributed by atoms with E-state index >= 15 is 0 Å². The van der Waals surface area contributed by atoms with Crippen LogP contribution in [0.2, 0.25) is 0 Å². The fraction of sp³-hybridized carbons (Fsp3) is 0.462. The highest BCUT2D eigenvalue weighted by atomic mass is 32.2. The molecule has 1 aromatic rings. The Hall–Kier alpha value is -1.76. The molecule has 7 heteroatoms. The summed E-state index contributed by atoms with van der Waals surface area (Å²) < 4.78 is 23.2. The van der Waals surface area contributed by atoms with Gasteiger partial charge in [0, 0.05) is 19.8 Å². The molecule has 0 saturated carbocycles. The van der Waals surface area contributed by atoms with Crippen LogP contribution in [0.15, 0.2) is 23.1 Å². The van der Waals surface area contributed by atoms with Crippen molar-refractivity contribution >= 4 is 27.1 Å². The number of para-hydroxylation sites is 1. The number of anilines is 2. The van der Waals surface area contributed by atoms with E-state index in [1.807, 2.05) is 6.92 Å². The van der Waals surface area contributed by atoms with Crippen LogP contribution < -0.4 is 11.1 Å². The molecule has 0 aliphatic rings. The summed E-state index contributed by atoms with van der Waals surface area (Å²) in [7, 11) is -1.69. The van der Waals surface area contributed by atoms with Gasteiger partial charge >= 0.3 is 0 Å². The van der Waals surface area contributed by atoms with Gasteiger partial charge in [0.1, 0.15) is 6.04 Å². The predicted molar refractivity (Wildman–Crippen MR) is 80.4 cm³/mol. The fourth-order valence-corrected chi connectivity index (χ4v) is 2.61. The van der Waals surface area contributed by atoms with Crippen LogP contribution in [0, 0.1) is 0 Å². The molecule has 1 aromatic carbocycles. The molecule has 0 aliphatic carbocycles. The molecule has 0 bridgehead atoms. The molecule has 0 heterocycles. The smallest absolute Gasteiger partial charge is 0.244 e. The first-order valence-corrected chi connectivity index (χ1v) is 8.17. The Kier molecular flexibility index (Phi) is 4.99. The lowest BCUT2D eigenvalue weighted by molar-refractivity contribution is -0.130. The average molecular weight is 299 g/mol. The lowest BCUT2D eigenvalue weighted by atomic mass is 10.2. The van der Waals surface area contributed by atoms with Gasteiger partial charge in [0.05, 0.1) is 16.3 Å². The number of rotatable bonds is 5. The average Bonchev–Trinajstić information content (AvgIpc) is 2.37. The minimum Gasteiger partial charge on any atom is -0.396 e. The van der Waals surface area contributed by atoms with E-state index in [0.717, 1.165) is 6.26 Å². The van der Waals surface area contributed by atoms with Gasteiger partial charge in [-0.15, -0.1) is 0 Å². The molecule has 112 valence electrons. The Bertz CT molecular complexity index is 599. The molecule has 1 amide bonds. The standard InChI is InChI=1S/C13H21N3O3S/c1-5-16(3)13(17)9(2)15-10-7-6-8-11(12(10)14)20(4,18)19/h6-9,15H,5,14H2,1-4H3. The number of carbonyl (C=O) groups is 1. The van der Waals surface area contributed by atoms with Gasteiger partial charge in [-0.25, -0.2) is 8.42 Å². The van der Waals surface area contributed by atoms with Crippen molar-refractivity contribution in [1.82, 2.24) is 4.90 Å². The molecule has 1 unspecified atom stereocenters. The number of nitrogens with one attached hydrogen (secondary N) is 1. The topological polar surface area (TPSA) is 92.5 Å². The van der Waals surface area contributed by atoms with Crippen LogP contribution in [0.3, 0.4) is 0 Å². The second kappa shape index (κ2) is 6.13. The third-order valence-electron chi connectivity index (χ3n) is 3.06. The van der Waals surface area contributed by atoms with Crippen LogP contribution in [0.25, 0.3) is 0 Å². The molecule has 0 saturated heterocycles. The van der Waals surface area contributed by atoms with Gasteiger partial charge in [-0.2, -0.15) is 0 Å². The highest BCUT2D eigenvalue weighted by Gasteiger charge is 2.19. The molecule has 0 radical (unpaired) electrons. The molecular formula is C13H21N3O3S. The zero-order chi connectivity index (χ0) is 15.5. The van der Waals surface area contributed by atoms with E-state index in [9.17, 15) is 13.2 Å². The third kappa shape index (κ3) is 3.63. The summed E-state index contributed by atoms with van der Waals surface area (Å²) in [5.74, 6) is -0.0864. The highest BCUT2D eigenvalue weighted by molar-refractivity contribution is 7.90. The highest BCUT2D eigenvalue weighted by Crippen LogP contribution is 2.27. The first-order valence-electron chi connectivity index (χ1n) is 6.28. The number of nitrogens with two attached hydrogens (primary N) is 1. The van der Waals surface area contributed by atoms with Crippen LogP contribution in [0.4, 0.5) is 11.4 Å². The van der Waals surface area contributed by atoms with Crippen molar-refractivity contribution in [2.45, 2.75) is 24.8 Å². The second-order valence-electron chi connectivity index (χ2n) is 4.71. The van der Waals surface area contributed by atoms with Crippen molar-refractivity contribution in [3.05, 3.63) is 18.2 Å². The quantitative estimate of drug-likeness (QED) is 0.790. The summed E-state index contributed by atoms with van der Waals surface area (Å²) in [5.41, 5.74) is 6.44. The first kappa shape index (κ1) is 16.3. The maximum Gasteiger partial charge on any atom is 0.244 e. The Labute approximate surface area is 119 Å². The van der Waals surface area contributed by atoms with Crippen LogP contribution >= 0.6 is 0 Å². The van der Waals surface area contributed by atoms with E-state index in [2.05, 4.69) is 5.32 Å². The van der Waals surface area contributed by atoms with Crippen LogP contribution in [0.5, 0.6) is 0 Å².